The summed E-state index contributed by atoms with van der Waals surface area (Å²) in [6, 6.07) is 6.35. The molecule has 1 amide bonds. The molecule has 3 aromatic rings. The van der Waals surface area contributed by atoms with Gasteiger partial charge in [-0.1, -0.05) is 0 Å². The van der Waals surface area contributed by atoms with Gasteiger partial charge in [-0.05, 0) is 74.1 Å². The van der Waals surface area contributed by atoms with Crippen LogP contribution in [0.1, 0.15) is 73.2 Å². The van der Waals surface area contributed by atoms with E-state index in [0.717, 1.165) is 32.1 Å². The Kier molecular flexibility index (Phi) is 7.37. The number of imidazole rings is 1. The molecular weight excluding hydrogens is 571 g/mol. The van der Waals surface area contributed by atoms with Crippen LogP contribution in [0.15, 0.2) is 36.7 Å². The van der Waals surface area contributed by atoms with Crippen LogP contribution in [0, 0.1) is 11.4 Å². The Morgan fingerprint density at radius 1 is 1.05 bits per heavy atom. The van der Waals surface area contributed by atoms with E-state index < -0.39 is 40.2 Å². The van der Waals surface area contributed by atoms with Crippen LogP contribution in [0.4, 0.5) is 30.2 Å². The van der Waals surface area contributed by atoms with Crippen molar-refractivity contribution in [3.05, 3.63) is 53.7 Å². The second-order valence-electron chi connectivity index (χ2n) is 11.9. The molecular formula is C29H34F3N5O4S. The average Bonchev–Trinajstić information content (AvgIpc) is 3.59. The minimum absolute atomic E-state index is 0.225. The zero-order valence-electron chi connectivity index (χ0n) is 23.1. The molecule has 226 valence electrons. The lowest BCUT2D eigenvalue weighted by atomic mass is 9.82. The second kappa shape index (κ2) is 10.7. The fourth-order valence-corrected chi connectivity index (χ4v) is 7.13. The maximum atomic E-state index is 14.7. The predicted molar refractivity (Wildman–Crippen MR) is 153 cm³/mol. The average molecular weight is 606 g/mol. The van der Waals surface area contributed by atoms with E-state index in [1.54, 1.807) is 18.2 Å². The lowest BCUT2D eigenvalue weighted by molar-refractivity contribution is -0.0381. The number of aromatic nitrogens is 2. The molecule has 2 aliphatic carbocycles. The molecule has 3 aliphatic rings. The summed E-state index contributed by atoms with van der Waals surface area (Å²) in [5.41, 5.74) is 2.78. The Balaban J connectivity index is 1.31. The van der Waals surface area contributed by atoms with E-state index in [9.17, 15) is 26.4 Å². The first kappa shape index (κ1) is 28.8. The van der Waals surface area contributed by atoms with Gasteiger partial charge in [0.15, 0.2) is 0 Å². The molecule has 6 rings (SSSR count). The van der Waals surface area contributed by atoms with Gasteiger partial charge >= 0.3 is 0 Å². The number of aliphatic hydroxyl groups excluding tert-OH is 1. The molecule has 3 N–H and O–H groups in total. The summed E-state index contributed by atoms with van der Waals surface area (Å²) >= 11 is 0. The number of nitrogens with one attached hydrogen (secondary N) is 2. The minimum atomic E-state index is -3.77. The zero-order valence-corrected chi connectivity index (χ0v) is 23.9. The van der Waals surface area contributed by atoms with Crippen LogP contribution in [0.5, 0.6) is 0 Å². The fraction of sp³-hybridized carbons (Fsp3) is 0.517. The first-order valence-electron chi connectivity index (χ1n) is 14.3. The largest absolute Gasteiger partial charge is 0.395 e. The van der Waals surface area contributed by atoms with Crippen molar-refractivity contribution in [2.75, 3.05) is 40.4 Å². The van der Waals surface area contributed by atoms with E-state index in [1.165, 1.54) is 29.5 Å². The van der Waals surface area contributed by atoms with E-state index in [0.29, 0.717) is 33.6 Å². The Labute approximate surface area is 242 Å². The van der Waals surface area contributed by atoms with Crippen LogP contribution in [0.3, 0.4) is 0 Å². The number of piperidine rings is 1. The maximum absolute atomic E-state index is 14.7. The summed E-state index contributed by atoms with van der Waals surface area (Å²) in [4.78, 5) is 20.0. The SMILES string of the molecule is O=C(Nc1cc(C2CCC(F)(F)CC2)c2ncc(F)n2c1)c1ccc(NS(=O)(=O)CCO)cc1N1CCC2(CC1)CC2. The summed E-state index contributed by atoms with van der Waals surface area (Å²) in [5.74, 6) is -4.53. The van der Waals surface area contributed by atoms with Crippen LogP contribution >= 0.6 is 0 Å². The monoisotopic (exact) mass is 605 g/mol. The normalized spacial score (nSPS) is 20.1. The van der Waals surface area contributed by atoms with Crippen molar-refractivity contribution in [1.29, 1.82) is 0 Å². The summed E-state index contributed by atoms with van der Waals surface area (Å²) in [6.45, 7) is 0.912. The molecule has 0 bridgehead atoms. The highest BCUT2D eigenvalue weighted by Crippen LogP contribution is 2.54. The molecule has 2 saturated carbocycles. The lowest BCUT2D eigenvalue weighted by Gasteiger charge is -2.35. The van der Waals surface area contributed by atoms with Gasteiger partial charge in [0.2, 0.25) is 21.9 Å². The number of pyridine rings is 1. The molecule has 1 spiro atoms. The van der Waals surface area contributed by atoms with E-state index in [4.69, 9.17) is 5.11 Å². The third-order valence-electron chi connectivity index (χ3n) is 9.00. The Hall–Kier alpha value is -3.32. The van der Waals surface area contributed by atoms with Crippen LogP contribution in [-0.4, -0.2) is 60.2 Å². The molecule has 3 heterocycles. The van der Waals surface area contributed by atoms with Gasteiger partial charge in [-0.15, -0.1) is 0 Å². The van der Waals surface area contributed by atoms with Gasteiger partial charge in [-0.2, -0.15) is 4.39 Å². The van der Waals surface area contributed by atoms with Gasteiger partial charge in [0.25, 0.3) is 5.91 Å². The Morgan fingerprint density at radius 2 is 1.76 bits per heavy atom. The van der Waals surface area contributed by atoms with Crippen LogP contribution in [0.2, 0.25) is 0 Å². The summed E-state index contributed by atoms with van der Waals surface area (Å²) in [6.07, 6.45) is 6.77. The second-order valence-corrected chi connectivity index (χ2v) is 13.7. The van der Waals surface area contributed by atoms with Crippen LogP contribution in [-0.2, 0) is 10.0 Å². The zero-order chi connectivity index (χ0) is 29.7. The van der Waals surface area contributed by atoms with Crippen molar-refractivity contribution in [3.63, 3.8) is 0 Å². The number of amides is 1. The molecule has 1 saturated heterocycles. The van der Waals surface area contributed by atoms with E-state index >= 15 is 0 Å². The molecule has 0 unspecified atom stereocenters. The van der Waals surface area contributed by atoms with Crippen molar-refractivity contribution < 1.29 is 31.5 Å². The topological polar surface area (TPSA) is 116 Å². The first-order valence-corrected chi connectivity index (χ1v) is 16.0. The first-order chi connectivity index (χ1) is 20.0. The number of sulfonamides is 1. The predicted octanol–water partition coefficient (Wildman–Crippen LogP) is 5.13. The van der Waals surface area contributed by atoms with E-state index in [1.807, 2.05) is 0 Å². The van der Waals surface area contributed by atoms with E-state index in [2.05, 4.69) is 19.9 Å². The molecule has 1 aliphatic heterocycles. The van der Waals surface area contributed by atoms with Crippen LogP contribution < -0.4 is 14.9 Å². The maximum Gasteiger partial charge on any atom is 0.257 e. The number of hydrogen-bond donors (Lipinski definition) is 3. The lowest BCUT2D eigenvalue weighted by Crippen LogP contribution is -2.35. The Bertz CT molecular complexity index is 1600. The number of carbonyl (C=O) groups excluding carboxylic acids is 1. The molecule has 3 fully saturated rings. The fourth-order valence-electron chi connectivity index (χ4n) is 6.30. The number of hydrogen-bond acceptors (Lipinski definition) is 6. The number of aliphatic hydroxyl groups is 1. The number of anilines is 3. The number of halogens is 3. The molecule has 0 radical (unpaired) electrons. The van der Waals surface area contributed by atoms with Gasteiger partial charge in [0.1, 0.15) is 5.65 Å². The molecule has 1 aromatic carbocycles. The third kappa shape index (κ3) is 5.94. The highest BCUT2D eigenvalue weighted by atomic mass is 32.2. The van der Waals surface area contributed by atoms with Gasteiger partial charge < -0.3 is 15.3 Å². The van der Waals surface area contributed by atoms with Gasteiger partial charge in [0.05, 0.1) is 41.2 Å². The number of rotatable bonds is 8. The highest BCUT2D eigenvalue weighted by molar-refractivity contribution is 7.92. The van der Waals surface area contributed by atoms with Crippen molar-refractivity contribution in [2.45, 2.75) is 63.2 Å². The summed E-state index contributed by atoms with van der Waals surface area (Å²) in [5, 5.41) is 12.0. The van der Waals surface area contributed by atoms with Crippen molar-refractivity contribution in [1.82, 2.24) is 9.38 Å². The quantitative estimate of drug-likeness (QED) is 0.328. The number of carbonyl (C=O) groups is 1. The molecule has 42 heavy (non-hydrogen) atoms. The minimum Gasteiger partial charge on any atom is -0.395 e. The number of fused-ring (bicyclic) bond motifs is 1. The Morgan fingerprint density at radius 3 is 2.43 bits per heavy atom. The molecule has 9 nitrogen and oxygen atoms in total. The van der Waals surface area contributed by atoms with Crippen molar-refractivity contribution >= 4 is 38.6 Å². The van der Waals surface area contributed by atoms with Crippen molar-refractivity contribution in [2.24, 2.45) is 5.41 Å². The molecule has 13 heteroatoms. The van der Waals surface area contributed by atoms with Gasteiger partial charge in [-0.25, -0.2) is 22.2 Å². The van der Waals surface area contributed by atoms with Gasteiger partial charge in [0, 0.05) is 37.7 Å². The number of nitrogens with zero attached hydrogens (tertiary/aromatic N) is 3. The standard InChI is InChI=1S/C29H34F3N5O4S/c30-25-17-33-26-23(19-3-5-29(31,32)6-4-19)15-21(18-37(25)26)34-27(39)22-2-1-20(35-42(40,41)14-13-38)16-24(22)36-11-9-28(7-8-28)10-12-36/h1-2,15-19,35,38H,3-14H2,(H,34,39). The number of benzene rings is 1. The highest BCUT2D eigenvalue weighted by Gasteiger charge is 2.44. The summed E-state index contributed by atoms with van der Waals surface area (Å²) < 4.78 is 70.7. The van der Waals surface area contributed by atoms with Crippen LogP contribution in [0.25, 0.3) is 5.65 Å². The summed E-state index contributed by atoms with van der Waals surface area (Å²) in [7, 11) is -3.77. The smallest absolute Gasteiger partial charge is 0.257 e. The van der Waals surface area contributed by atoms with Gasteiger partial charge in [-0.3, -0.25) is 13.9 Å². The van der Waals surface area contributed by atoms with E-state index in [-0.39, 0.29) is 37.3 Å². The molecule has 2 aromatic heterocycles. The third-order valence-corrected chi connectivity index (χ3v) is 10.3. The molecule has 0 atom stereocenters. The number of alkyl halides is 2. The van der Waals surface area contributed by atoms with Crippen molar-refractivity contribution in [3.8, 4) is 0 Å².